The van der Waals surface area contributed by atoms with E-state index in [2.05, 4.69) is 29.0 Å². The lowest BCUT2D eigenvalue weighted by molar-refractivity contribution is -0.124. The number of anilines is 1. The Morgan fingerprint density at radius 2 is 1.70 bits per heavy atom. The van der Waals surface area contributed by atoms with Crippen molar-refractivity contribution in [1.82, 2.24) is 15.8 Å². The number of ketones is 1. The van der Waals surface area contributed by atoms with E-state index in [1.807, 2.05) is 24.3 Å². The average molecular weight is 406 g/mol. The number of piperazine rings is 1. The van der Waals surface area contributed by atoms with Gasteiger partial charge < -0.3 is 10.2 Å². The molecule has 3 rings (SSSR count). The summed E-state index contributed by atoms with van der Waals surface area (Å²) in [6.07, 6.45) is 5.79. The summed E-state index contributed by atoms with van der Waals surface area (Å²) in [6.45, 7) is 6.12. The Bertz CT molecular complexity index is 960. The number of carbonyl (C=O) groups excluding carboxylic acids is 2. The Morgan fingerprint density at radius 1 is 1.07 bits per heavy atom. The van der Waals surface area contributed by atoms with Crippen LogP contribution >= 0.6 is 0 Å². The summed E-state index contributed by atoms with van der Waals surface area (Å²) in [7, 11) is 0. The minimum Gasteiger partial charge on any atom is -0.368 e. The number of hydrogen-bond donors (Lipinski definition) is 3. The van der Waals surface area contributed by atoms with Crippen molar-refractivity contribution in [2.24, 2.45) is 0 Å². The minimum absolute atomic E-state index is 0.101. The molecule has 0 unspecified atom stereocenters. The second-order valence-corrected chi connectivity index (χ2v) is 7.42. The monoisotopic (exact) mass is 406 g/mol. The summed E-state index contributed by atoms with van der Waals surface area (Å²) >= 11 is 0. The summed E-state index contributed by atoms with van der Waals surface area (Å²) in [5.74, 6) is -0.739. The molecule has 2 aromatic rings. The standard InChI is InChI=1S/C23H26N4O3/c1-16-14-27(15-17(2)24-16)21-8-3-5-18(13-21)22(28)11-9-19-6-4-7-20(25-19)10-12-23(29)26-30/h3-13,16-17,24,30H,14-15H2,1-2H3,(H,26,29)/b11-9+,12-10+/t16-,17+. The van der Waals surface area contributed by atoms with Crippen molar-refractivity contribution in [3.63, 3.8) is 0 Å². The highest BCUT2D eigenvalue weighted by molar-refractivity contribution is 6.07. The Balaban J connectivity index is 1.71. The molecule has 1 aliphatic rings. The van der Waals surface area contributed by atoms with Crippen molar-refractivity contribution < 1.29 is 14.8 Å². The van der Waals surface area contributed by atoms with E-state index in [1.165, 1.54) is 23.7 Å². The number of hydroxylamine groups is 1. The summed E-state index contributed by atoms with van der Waals surface area (Å²) in [6, 6.07) is 13.7. The van der Waals surface area contributed by atoms with E-state index in [0.29, 0.717) is 29.0 Å². The number of benzene rings is 1. The zero-order chi connectivity index (χ0) is 21.5. The molecule has 3 N–H and O–H groups in total. The lowest BCUT2D eigenvalue weighted by Crippen LogP contribution is -2.54. The fourth-order valence-corrected chi connectivity index (χ4v) is 3.50. The summed E-state index contributed by atoms with van der Waals surface area (Å²) < 4.78 is 0. The van der Waals surface area contributed by atoms with Crippen molar-refractivity contribution in [2.75, 3.05) is 18.0 Å². The van der Waals surface area contributed by atoms with Gasteiger partial charge in [-0.3, -0.25) is 14.8 Å². The maximum atomic E-state index is 12.7. The molecule has 1 aromatic heterocycles. The summed E-state index contributed by atoms with van der Waals surface area (Å²) in [5, 5.41) is 12.0. The van der Waals surface area contributed by atoms with Crippen LogP contribution < -0.4 is 15.7 Å². The highest BCUT2D eigenvalue weighted by atomic mass is 16.5. The van der Waals surface area contributed by atoms with Crippen molar-refractivity contribution >= 4 is 29.5 Å². The van der Waals surface area contributed by atoms with Gasteiger partial charge in [0.05, 0.1) is 11.4 Å². The van der Waals surface area contributed by atoms with Crippen LogP contribution in [-0.2, 0) is 4.79 Å². The normalized spacial score (nSPS) is 19.4. The molecular formula is C23H26N4O3. The van der Waals surface area contributed by atoms with Gasteiger partial charge in [0.25, 0.3) is 5.91 Å². The van der Waals surface area contributed by atoms with Gasteiger partial charge in [0.1, 0.15) is 0 Å². The molecule has 2 heterocycles. The summed E-state index contributed by atoms with van der Waals surface area (Å²) in [4.78, 5) is 30.4. The molecule has 0 spiro atoms. The van der Waals surface area contributed by atoms with Crippen LogP contribution in [0.25, 0.3) is 12.2 Å². The Hall–Kier alpha value is -3.29. The SMILES string of the molecule is C[C@@H]1CN(c2cccc(C(=O)/C=C/c3cccc(/C=C/C(=O)NO)n3)c2)C[C@H](C)N1. The number of rotatable bonds is 6. The molecule has 7 heteroatoms. The smallest absolute Gasteiger partial charge is 0.267 e. The van der Waals surface area contributed by atoms with Crippen molar-refractivity contribution in [3.05, 3.63) is 71.6 Å². The van der Waals surface area contributed by atoms with E-state index < -0.39 is 5.91 Å². The molecule has 1 amide bonds. The quantitative estimate of drug-likeness (QED) is 0.296. The van der Waals surface area contributed by atoms with E-state index >= 15 is 0 Å². The largest absolute Gasteiger partial charge is 0.368 e. The van der Waals surface area contributed by atoms with E-state index in [0.717, 1.165) is 18.8 Å². The molecule has 1 aromatic carbocycles. The molecule has 0 saturated carbocycles. The molecule has 0 radical (unpaired) electrons. The zero-order valence-electron chi connectivity index (χ0n) is 17.1. The second kappa shape index (κ2) is 9.96. The predicted molar refractivity (Wildman–Crippen MR) is 117 cm³/mol. The van der Waals surface area contributed by atoms with Crippen LogP contribution in [0.5, 0.6) is 0 Å². The van der Waals surface area contributed by atoms with E-state index in [9.17, 15) is 9.59 Å². The van der Waals surface area contributed by atoms with Gasteiger partial charge in [-0.2, -0.15) is 0 Å². The molecule has 1 fully saturated rings. The third kappa shape index (κ3) is 5.85. The molecule has 30 heavy (non-hydrogen) atoms. The van der Waals surface area contributed by atoms with Crippen LogP contribution in [0, 0.1) is 0 Å². The van der Waals surface area contributed by atoms with Gasteiger partial charge in [0.15, 0.2) is 5.78 Å². The molecule has 0 bridgehead atoms. The molecule has 7 nitrogen and oxygen atoms in total. The third-order valence-corrected chi connectivity index (χ3v) is 4.77. The number of amides is 1. The lowest BCUT2D eigenvalue weighted by atomic mass is 10.1. The van der Waals surface area contributed by atoms with Crippen LogP contribution in [0.15, 0.2) is 54.6 Å². The number of hydrogen-bond acceptors (Lipinski definition) is 6. The highest BCUT2D eigenvalue weighted by Crippen LogP contribution is 2.20. The summed E-state index contributed by atoms with van der Waals surface area (Å²) in [5.41, 5.74) is 4.32. The molecular weight excluding hydrogens is 380 g/mol. The zero-order valence-corrected chi connectivity index (χ0v) is 17.1. The first-order chi connectivity index (χ1) is 14.4. The van der Waals surface area contributed by atoms with Gasteiger partial charge >= 0.3 is 0 Å². The van der Waals surface area contributed by atoms with E-state index in [1.54, 1.807) is 24.3 Å². The van der Waals surface area contributed by atoms with E-state index in [4.69, 9.17) is 5.21 Å². The molecule has 1 saturated heterocycles. The number of nitrogens with zero attached hydrogens (tertiary/aromatic N) is 2. The average Bonchev–Trinajstić information content (AvgIpc) is 2.75. The fraction of sp³-hybridized carbons (Fsp3) is 0.261. The van der Waals surface area contributed by atoms with Crippen molar-refractivity contribution in [2.45, 2.75) is 25.9 Å². The maximum absolute atomic E-state index is 12.7. The molecule has 2 atom stereocenters. The van der Waals surface area contributed by atoms with Gasteiger partial charge in [-0.1, -0.05) is 18.2 Å². The van der Waals surface area contributed by atoms with Gasteiger partial charge in [0.2, 0.25) is 0 Å². The maximum Gasteiger partial charge on any atom is 0.267 e. The van der Waals surface area contributed by atoms with E-state index in [-0.39, 0.29) is 5.78 Å². The lowest BCUT2D eigenvalue weighted by Gasteiger charge is -2.37. The van der Waals surface area contributed by atoms with Crippen LogP contribution in [0.1, 0.15) is 35.6 Å². The second-order valence-electron chi connectivity index (χ2n) is 7.42. The number of allylic oxidation sites excluding steroid dienone is 1. The highest BCUT2D eigenvalue weighted by Gasteiger charge is 2.21. The Morgan fingerprint density at radius 3 is 2.37 bits per heavy atom. The number of carbonyl (C=O) groups is 2. The van der Waals surface area contributed by atoms with Gasteiger partial charge in [-0.05, 0) is 56.3 Å². The van der Waals surface area contributed by atoms with Gasteiger partial charge in [-0.15, -0.1) is 0 Å². The van der Waals surface area contributed by atoms with Crippen LogP contribution in [0.4, 0.5) is 5.69 Å². The number of pyridine rings is 1. The minimum atomic E-state index is -0.638. The van der Waals surface area contributed by atoms with Gasteiger partial charge in [-0.25, -0.2) is 10.5 Å². The Kier molecular flexibility index (Phi) is 7.11. The first-order valence-electron chi connectivity index (χ1n) is 9.87. The van der Waals surface area contributed by atoms with Crippen LogP contribution in [0.2, 0.25) is 0 Å². The first kappa shape index (κ1) is 21.4. The van der Waals surface area contributed by atoms with Crippen molar-refractivity contribution in [1.29, 1.82) is 0 Å². The van der Waals surface area contributed by atoms with Gasteiger partial charge in [0, 0.05) is 42.5 Å². The first-order valence-corrected chi connectivity index (χ1v) is 9.87. The predicted octanol–water partition coefficient (Wildman–Crippen LogP) is 2.68. The molecule has 0 aliphatic carbocycles. The van der Waals surface area contributed by atoms with Crippen LogP contribution in [0.3, 0.4) is 0 Å². The third-order valence-electron chi connectivity index (χ3n) is 4.77. The van der Waals surface area contributed by atoms with Crippen LogP contribution in [-0.4, -0.2) is 47.1 Å². The number of nitrogens with one attached hydrogen (secondary N) is 2. The van der Waals surface area contributed by atoms with Crippen molar-refractivity contribution in [3.8, 4) is 0 Å². The number of aromatic nitrogens is 1. The topological polar surface area (TPSA) is 94.6 Å². The Labute approximate surface area is 176 Å². The molecule has 156 valence electrons. The fourth-order valence-electron chi connectivity index (χ4n) is 3.50. The molecule has 1 aliphatic heterocycles.